The lowest BCUT2D eigenvalue weighted by atomic mass is 10.1. The van der Waals surface area contributed by atoms with Gasteiger partial charge in [-0.25, -0.2) is 4.79 Å². The Morgan fingerprint density at radius 2 is 2.14 bits per heavy atom. The van der Waals surface area contributed by atoms with Crippen LogP contribution in [0.4, 0.5) is 14.6 Å². The standard InChI is InChI=1S/C11H13F2N3O5/c12-8(13)6-7(19)5(3-18)21-10(6)16-1-4(2-17)9(14)15-11(16)20/h1,5,7,10,17-19H,2-3H2,(H2,14,15,20)/t5-,7-,10-/m1/s1. The highest BCUT2D eigenvalue weighted by atomic mass is 19.3. The van der Waals surface area contributed by atoms with E-state index in [1.165, 1.54) is 0 Å². The van der Waals surface area contributed by atoms with Crippen molar-refractivity contribution in [3.8, 4) is 0 Å². The first-order valence-electron chi connectivity index (χ1n) is 5.88. The zero-order valence-corrected chi connectivity index (χ0v) is 10.6. The fourth-order valence-corrected chi connectivity index (χ4v) is 2.03. The number of rotatable bonds is 3. The fourth-order valence-electron chi connectivity index (χ4n) is 2.03. The van der Waals surface area contributed by atoms with Crippen molar-refractivity contribution in [1.82, 2.24) is 9.55 Å². The van der Waals surface area contributed by atoms with Crippen molar-refractivity contribution in [3.05, 3.63) is 33.9 Å². The Balaban J connectivity index is 2.55. The number of aromatic nitrogens is 2. The molecule has 116 valence electrons. The van der Waals surface area contributed by atoms with Gasteiger partial charge in [0.05, 0.1) is 18.8 Å². The zero-order chi connectivity index (χ0) is 15.7. The maximum atomic E-state index is 13.0. The first-order chi connectivity index (χ1) is 9.90. The van der Waals surface area contributed by atoms with Crippen LogP contribution in [0.15, 0.2) is 22.6 Å². The predicted molar refractivity (Wildman–Crippen MR) is 65.1 cm³/mol. The van der Waals surface area contributed by atoms with Crippen molar-refractivity contribution >= 4 is 5.82 Å². The molecule has 1 aromatic heterocycles. The molecule has 0 amide bonds. The molecule has 0 unspecified atom stereocenters. The molecule has 3 atom stereocenters. The van der Waals surface area contributed by atoms with Gasteiger partial charge in [0.1, 0.15) is 18.0 Å². The minimum absolute atomic E-state index is 0.0405. The summed E-state index contributed by atoms with van der Waals surface area (Å²) < 4.78 is 31.7. The molecule has 2 rings (SSSR count). The normalized spacial score (nSPS) is 25.4. The Bertz CT molecular complexity index is 629. The summed E-state index contributed by atoms with van der Waals surface area (Å²) in [5.74, 6) is -0.234. The van der Waals surface area contributed by atoms with E-state index in [1.54, 1.807) is 0 Å². The van der Waals surface area contributed by atoms with Gasteiger partial charge in [0, 0.05) is 11.8 Å². The van der Waals surface area contributed by atoms with Crippen molar-refractivity contribution in [2.24, 2.45) is 0 Å². The molecule has 0 aliphatic carbocycles. The van der Waals surface area contributed by atoms with Gasteiger partial charge in [0.25, 0.3) is 6.08 Å². The van der Waals surface area contributed by atoms with Crippen LogP contribution < -0.4 is 11.4 Å². The molecule has 1 fully saturated rings. The topological polar surface area (TPSA) is 131 Å². The Labute approximate surface area is 116 Å². The molecule has 21 heavy (non-hydrogen) atoms. The highest BCUT2D eigenvalue weighted by Gasteiger charge is 2.43. The molecule has 1 saturated heterocycles. The third-order valence-electron chi connectivity index (χ3n) is 3.12. The summed E-state index contributed by atoms with van der Waals surface area (Å²) in [4.78, 5) is 15.2. The minimum atomic E-state index is -2.22. The second kappa shape index (κ2) is 5.85. The highest BCUT2D eigenvalue weighted by molar-refractivity contribution is 5.36. The monoisotopic (exact) mass is 305 g/mol. The molecule has 10 heteroatoms. The quantitative estimate of drug-likeness (QED) is 0.547. The van der Waals surface area contributed by atoms with Crippen molar-refractivity contribution in [2.75, 3.05) is 12.3 Å². The van der Waals surface area contributed by atoms with Crippen LogP contribution in [0.3, 0.4) is 0 Å². The number of nitrogens with zero attached hydrogens (tertiary/aromatic N) is 2. The Morgan fingerprint density at radius 3 is 2.67 bits per heavy atom. The number of ether oxygens (including phenoxy) is 1. The molecule has 1 aliphatic heterocycles. The average Bonchev–Trinajstić information content (AvgIpc) is 2.75. The van der Waals surface area contributed by atoms with Crippen LogP contribution in [0.25, 0.3) is 0 Å². The van der Waals surface area contributed by atoms with Crippen LogP contribution in [0.2, 0.25) is 0 Å². The van der Waals surface area contributed by atoms with Gasteiger partial charge < -0.3 is 25.8 Å². The number of hydrogen-bond acceptors (Lipinski definition) is 7. The van der Waals surface area contributed by atoms with Crippen molar-refractivity contribution in [2.45, 2.75) is 25.0 Å². The van der Waals surface area contributed by atoms with Gasteiger partial charge in [-0.3, -0.25) is 4.57 Å². The van der Waals surface area contributed by atoms with E-state index in [0.29, 0.717) is 4.57 Å². The van der Waals surface area contributed by atoms with E-state index in [4.69, 9.17) is 20.7 Å². The molecule has 2 heterocycles. The van der Waals surface area contributed by atoms with E-state index in [1.807, 2.05) is 0 Å². The van der Waals surface area contributed by atoms with E-state index in [9.17, 15) is 18.7 Å². The van der Waals surface area contributed by atoms with Crippen LogP contribution in [0.5, 0.6) is 0 Å². The largest absolute Gasteiger partial charge is 0.394 e. The summed E-state index contributed by atoms with van der Waals surface area (Å²) in [6.45, 7) is -1.27. The van der Waals surface area contributed by atoms with Gasteiger partial charge in [0.15, 0.2) is 6.23 Å². The molecular weight excluding hydrogens is 292 g/mol. The van der Waals surface area contributed by atoms with Gasteiger partial charge in [-0.05, 0) is 0 Å². The molecule has 5 N–H and O–H groups in total. The molecule has 0 bridgehead atoms. The summed E-state index contributed by atoms with van der Waals surface area (Å²) in [7, 11) is 0. The molecule has 0 spiro atoms. The van der Waals surface area contributed by atoms with Crippen LogP contribution in [-0.4, -0.2) is 43.7 Å². The highest BCUT2D eigenvalue weighted by Crippen LogP contribution is 2.36. The summed E-state index contributed by atoms with van der Waals surface area (Å²) >= 11 is 0. The number of anilines is 1. The summed E-state index contributed by atoms with van der Waals surface area (Å²) in [6, 6.07) is 0. The van der Waals surface area contributed by atoms with Gasteiger partial charge in [-0.2, -0.15) is 13.8 Å². The number of nitrogen functional groups attached to an aromatic ring is 1. The Kier molecular flexibility index (Phi) is 4.32. The number of aliphatic hydroxyl groups is 3. The van der Waals surface area contributed by atoms with E-state index in [-0.39, 0.29) is 11.4 Å². The summed E-state index contributed by atoms with van der Waals surface area (Å²) in [5.41, 5.74) is 3.61. The fraction of sp³-hybridized carbons (Fsp3) is 0.455. The smallest absolute Gasteiger partial charge is 0.351 e. The molecule has 0 aromatic carbocycles. The second-order valence-electron chi connectivity index (χ2n) is 4.37. The number of nitrogens with two attached hydrogens (primary N) is 1. The lowest BCUT2D eigenvalue weighted by Gasteiger charge is -2.16. The molecule has 0 saturated carbocycles. The first-order valence-corrected chi connectivity index (χ1v) is 5.88. The maximum absolute atomic E-state index is 13.0. The Hall–Kier alpha value is -1.88. The summed E-state index contributed by atoms with van der Waals surface area (Å²) in [5, 5.41) is 27.8. The second-order valence-corrected chi connectivity index (χ2v) is 4.37. The number of aliphatic hydroxyl groups excluding tert-OH is 3. The maximum Gasteiger partial charge on any atom is 0.351 e. The van der Waals surface area contributed by atoms with E-state index >= 15 is 0 Å². The lowest BCUT2D eigenvalue weighted by Crippen LogP contribution is -2.29. The van der Waals surface area contributed by atoms with Crippen LogP contribution in [0.1, 0.15) is 11.8 Å². The van der Waals surface area contributed by atoms with E-state index in [0.717, 1.165) is 6.20 Å². The van der Waals surface area contributed by atoms with Crippen molar-refractivity contribution in [1.29, 1.82) is 0 Å². The van der Waals surface area contributed by atoms with Crippen LogP contribution in [-0.2, 0) is 11.3 Å². The van der Waals surface area contributed by atoms with Gasteiger partial charge in [-0.15, -0.1) is 0 Å². The zero-order valence-electron chi connectivity index (χ0n) is 10.6. The van der Waals surface area contributed by atoms with E-state index in [2.05, 4.69) is 4.98 Å². The molecule has 8 nitrogen and oxygen atoms in total. The predicted octanol–water partition coefficient (Wildman–Crippen LogP) is -1.28. The van der Waals surface area contributed by atoms with Gasteiger partial charge in [-0.1, -0.05) is 0 Å². The third kappa shape index (κ3) is 2.65. The summed E-state index contributed by atoms with van der Waals surface area (Å²) in [6.07, 6.45) is -5.89. The molecule has 0 radical (unpaired) electrons. The molecular formula is C11H13F2N3O5. The lowest BCUT2D eigenvalue weighted by molar-refractivity contribution is -0.0449. The van der Waals surface area contributed by atoms with E-state index < -0.39 is 49.0 Å². The van der Waals surface area contributed by atoms with Gasteiger partial charge in [0.2, 0.25) is 0 Å². The first kappa shape index (κ1) is 15.5. The third-order valence-corrected chi connectivity index (χ3v) is 3.12. The van der Waals surface area contributed by atoms with Gasteiger partial charge >= 0.3 is 5.69 Å². The molecule has 1 aliphatic rings. The average molecular weight is 305 g/mol. The SMILES string of the molecule is Nc1nc(=O)n([C@@H]2O[C@H](CO)[C@@H](O)C2=C(F)F)cc1CO. The number of hydrogen-bond donors (Lipinski definition) is 4. The number of halogens is 2. The van der Waals surface area contributed by atoms with Crippen molar-refractivity contribution in [3.63, 3.8) is 0 Å². The molecule has 1 aromatic rings. The van der Waals surface area contributed by atoms with Crippen LogP contribution >= 0.6 is 0 Å². The Morgan fingerprint density at radius 1 is 1.48 bits per heavy atom. The minimum Gasteiger partial charge on any atom is -0.394 e. The van der Waals surface area contributed by atoms with Crippen molar-refractivity contribution < 1.29 is 28.8 Å². The van der Waals surface area contributed by atoms with Crippen LogP contribution in [0, 0.1) is 0 Å².